The Morgan fingerprint density at radius 1 is 1.03 bits per heavy atom. The van der Waals surface area contributed by atoms with Gasteiger partial charge in [-0.2, -0.15) is 0 Å². The van der Waals surface area contributed by atoms with Crippen LogP contribution in [0.3, 0.4) is 0 Å². The molecule has 1 aliphatic rings. The average molecular weight is 494 g/mol. The minimum absolute atomic E-state index is 0.0183. The molecule has 1 fully saturated rings. The number of carbonyl (C=O) groups is 2. The van der Waals surface area contributed by atoms with Crippen LogP contribution in [0.1, 0.15) is 47.9 Å². The van der Waals surface area contributed by atoms with Gasteiger partial charge in [-0.05, 0) is 47.9 Å². The van der Waals surface area contributed by atoms with E-state index in [2.05, 4.69) is 15.6 Å². The number of aromatic nitrogens is 3. The molecule has 1 N–H and O–H groups in total. The quantitative estimate of drug-likeness (QED) is 0.383. The van der Waals surface area contributed by atoms with Crippen molar-refractivity contribution in [2.75, 3.05) is 0 Å². The summed E-state index contributed by atoms with van der Waals surface area (Å²) in [6.07, 6.45) is 5.46. The number of hydrogen-bond donors (Lipinski definition) is 1. The van der Waals surface area contributed by atoms with Gasteiger partial charge in [-0.15, -0.1) is 27.8 Å². The number of fused-ring (bicyclic) bond motifs is 1. The van der Waals surface area contributed by atoms with Gasteiger partial charge >= 0.3 is 0 Å². The highest BCUT2D eigenvalue weighted by molar-refractivity contribution is 7.10. The molecule has 1 saturated carbocycles. The highest BCUT2D eigenvalue weighted by atomic mass is 32.1. The van der Waals surface area contributed by atoms with E-state index in [1.807, 2.05) is 59.3 Å². The van der Waals surface area contributed by atoms with E-state index < -0.39 is 6.04 Å². The Hall–Kier alpha value is -3.04. The summed E-state index contributed by atoms with van der Waals surface area (Å²) in [7, 11) is 0. The molecule has 1 unspecified atom stereocenters. The number of nitrogens with zero attached hydrogens (tertiary/aromatic N) is 4. The second kappa shape index (κ2) is 10.5. The summed E-state index contributed by atoms with van der Waals surface area (Å²) in [6.45, 7) is 0.383. The lowest BCUT2D eigenvalue weighted by atomic mass is 9.95. The zero-order valence-corrected chi connectivity index (χ0v) is 20.4. The van der Waals surface area contributed by atoms with Crippen LogP contribution < -0.4 is 5.32 Å². The molecule has 4 aromatic rings. The van der Waals surface area contributed by atoms with E-state index in [1.54, 1.807) is 20.9 Å². The summed E-state index contributed by atoms with van der Waals surface area (Å²) in [4.78, 5) is 31.0. The molecule has 0 spiro atoms. The normalized spacial score (nSPS) is 15.3. The molecule has 0 aliphatic heterocycles. The number of nitrogens with one attached hydrogen (secondary N) is 1. The Labute approximate surface area is 206 Å². The Balaban J connectivity index is 1.46. The highest BCUT2D eigenvalue weighted by Gasteiger charge is 2.34. The minimum atomic E-state index is -0.689. The summed E-state index contributed by atoms with van der Waals surface area (Å²) < 4.78 is 1.61. The third kappa shape index (κ3) is 5.05. The fraction of sp³-hybridized carbons (Fsp3) is 0.360. The Kier molecular flexibility index (Phi) is 7.01. The fourth-order valence-corrected chi connectivity index (χ4v) is 6.08. The molecule has 9 heteroatoms. The maximum atomic E-state index is 13.8. The van der Waals surface area contributed by atoms with Gasteiger partial charge in [-0.3, -0.25) is 9.59 Å². The van der Waals surface area contributed by atoms with Crippen molar-refractivity contribution in [1.82, 2.24) is 25.2 Å². The SMILES string of the molecule is O=C(NC1CCCCC1)C(c1cccs1)N(Cc1cccs1)C(=O)Cn1nnc2ccccc21. The Morgan fingerprint density at radius 3 is 2.59 bits per heavy atom. The van der Waals surface area contributed by atoms with E-state index in [4.69, 9.17) is 0 Å². The number of carbonyl (C=O) groups excluding carboxylic acids is 2. The van der Waals surface area contributed by atoms with Crippen molar-refractivity contribution >= 4 is 45.5 Å². The van der Waals surface area contributed by atoms with Crippen molar-refractivity contribution in [3.05, 3.63) is 69.0 Å². The third-order valence-corrected chi connectivity index (χ3v) is 8.04. The lowest BCUT2D eigenvalue weighted by molar-refractivity contribution is -0.142. The summed E-state index contributed by atoms with van der Waals surface area (Å²) in [5.41, 5.74) is 1.54. The Bertz CT molecular complexity index is 1230. The lowest BCUT2D eigenvalue weighted by Gasteiger charge is -2.32. The number of hydrogen-bond acceptors (Lipinski definition) is 6. The molecule has 1 atom stereocenters. The van der Waals surface area contributed by atoms with E-state index in [9.17, 15) is 9.59 Å². The molecule has 3 aromatic heterocycles. The Morgan fingerprint density at radius 2 is 1.82 bits per heavy atom. The van der Waals surface area contributed by atoms with Gasteiger partial charge in [-0.25, -0.2) is 4.68 Å². The molecular weight excluding hydrogens is 466 g/mol. The second-order valence-corrected chi connectivity index (χ2v) is 10.6. The molecule has 0 saturated heterocycles. The van der Waals surface area contributed by atoms with Crippen LogP contribution in [0.5, 0.6) is 0 Å². The van der Waals surface area contributed by atoms with Crippen molar-refractivity contribution in [3.63, 3.8) is 0 Å². The number of para-hydroxylation sites is 1. The van der Waals surface area contributed by atoms with Crippen LogP contribution in [-0.4, -0.2) is 37.7 Å². The first-order valence-electron chi connectivity index (χ1n) is 11.6. The van der Waals surface area contributed by atoms with Crippen molar-refractivity contribution < 1.29 is 9.59 Å². The topological polar surface area (TPSA) is 80.1 Å². The number of amides is 2. The number of benzene rings is 1. The number of thiophene rings is 2. The van der Waals surface area contributed by atoms with Crippen molar-refractivity contribution in [3.8, 4) is 0 Å². The van der Waals surface area contributed by atoms with Crippen molar-refractivity contribution in [2.45, 2.75) is 57.3 Å². The zero-order valence-electron chi connectivity index (χ0n) is 18.8. The van der Waals surface area contributed by atoms with Crippen molar-refractivity contribution in [2.24, 2.45) is 0 Å². The van der Waals surface area contributed by atoms with Crippen LogP contribution >= 0.6 is 22.7 Å². The van der Waals surface area contributed by atoms with Crippen LogP contribution in [0.25, 0.3) is 11.0 Å². The molecule has 0 radical (unpaired) electrons. The van der Waals surface area contributed by atoms with E-state index in [0.29, 0.717) is 6.54 Å². The molecule has 0 bridgehead atoms. The molecule has 176 valence electrons. The van der Waals surface area contributed by atoms with Gasteiger partial charge < -0.3 is 10.2 Å². The molecule has 5 rings (SSSR count). The standard InChI is InChI=1S/C25H27N5O2S2/c31-23(17-30-21-12-5-4-11-20(21)27-28-30)29(16-19-10-6-14-33-19)24(22-13-7-15-34-22)25(32)26-18-8-2-1-3-9-18/h4-7,10-15,18,24H,1-3,8-9,16-17H2,(H,26,32). The lowest BCUT2D eigenvalue weighted by Crippen LogP contribution is -2.47. The number of rotatable bonds is 8. The zero-order chi connectivity index (χ0) is 23.3. The largest absolute Gasteiger partial charge is 0.351 e. The summed E-state index contributed by atoms with van der Waals surface area (Å²) in [5, 5.41) is 15.6. The third-order valence-electron chi connectivity index (χ3n) is 6.26. The van der Waals surface area contributed by atoms with E-state index in [1.165, 1.54) is 17.8 Å². The first-order valence-corrected chi connectivity index (χ1v) is 13.4. The molecule has 1 aliphatic carbocycles. The predicted octanol–water partition coefficient (Wildman–Crippen LogP) is 4.77. The van der Waals surface area contributed by atoms with Gasteiger partial charge in [0.2, 0.25) is 11.8 Å². The predicted molar refractivity (Wildman–Crippen MR) is 134 cm³/mol. The summed E-state index contributed by atoms with van der Waals surface area (Å²) in [6, 6.07) is 14.9. The van der Waals surface area contributed by atoms with E-state index >= 15 is 0 Å². The maximum Gasteiger partial charge on any atom is 0.248 e. The van der Waals surface area contributed by atoms with E-state index in [0.717, 1.165) is 46.5 Å². The highest BCUT2D eigenvalue weighted by Crippen LogP contribution is 2.30. The monoisotopic (exact) mass is 493 g/mol. The fourth-order valence-electron chi connectivity index (χ4n) is 4.55. The van der Waals surface area contributed by atoms with Gasteiger partial charge in [0.05, 0.1) is 12.1 Å². The van der Waals surface area contributed by atoms with Gasteiger partial charge in [0.15, 0.2) is 0 Å². The first kappa shape index (κ1) is 22.7. The van der Waals surface area contributed by atoms with Gasteiger partial charge in [0.25, 0.3) is 0 Å². The van der Waals surface area contributed by atoms with Gasteiger partial charge in [0.1, 0.15) is 18.1 Å². The smallest absolute Gasteiger partial charge is 0.248 e. The van der Waals surface area contributed by atoms with Crippen LogP contribution in [-0.2, 0) is 22.7 Å². The molecule has 1 aromatic carbocycles. The van der Waals surface area contributed by atoms with Crippen LogP contribution in [0.4, 0.5) is 0 Å². The van der Waals surface area contributed by atoms with E-state index in [-0.39, 0.29) is 24.4 Å². The van der Waals surface area contributed by atoms with Crippen molar-refractivity contribution in [1.29, 1.82) is 0 Å². The van der Waals surface area contributed by atoms with Crippen LogP contribution in [0.2, 0.25) is 0 Å². The van der Waals surface area contributed by atoms with Crippen LogP contribution in [0.15, 0.2) is 59.3 Å². The average Bonchev–Trinajstić information content (AvgIpc) is 3.63. The van der Waals surface area contributed by atoms with Gasteiger partial charge in [-0.1, -0.05) is 48.7 Å². The molecule has 7 nitrogen and oxygen atoms in total. The maximum absolute atomic E-state index is 13.8. The molecule has 2 amide bonds. The molecular formula is C25H27N5O2S2. The van der Waals surface area contributed by atoms with Gasteiger partial charge in [0, 0.05) is 15.8 Å². The summed E-state index contributed by atoms with van der Waals surface area (Å²) >= 11 is 3.09. The first-order chi connectivity index (χ1) is 16.7. The molecule has 3 heterocycles. The second-order valence-electron chi connectivity index (χ2n) is 8.60. The molecule has 34 heavy (non-hydrogen) atoms. The summed E-state index contributed by atoms with van der Waals surface area (Å²) in [5.74, 6) is -0.274. The minimum Gasteiger partial charge on any atom is -0.351 e. The van der Waals surface area contributed by atoms with Crippen LogP contribution in [0, 0.1) is 0 Å².